The van der Waals surface area contributed by atoms with Gasteiger partial charge in [-0.15, -0.1) is 0 Å². The van der Waals surface area contributed by atoms with Crippen molar-refractivity contribution in [1.29, 1.82) is 0 Å². The molecule has 0 unspecified atom stereocenters. The Kier molecular flexibility index (Phi) is 6.17. The Morgan fingerprint density at radius 3 is 2.50 bits per heavy atom. The van der Waals surface area contributed by atoms with Gasteiger partial charge >= 0.3 is 0 Å². The Morgan fingerprint density at radius 2 is 1.82 bits per heavy atom. The maximum absolute atomic E-state index is 10.2. The monoisotopic (exact) mass is 462 g/mol. The average molecular weight is 463 g/mol. The van der Waals surface area contributed by atoms with Crippen LogP contribution in [0, 0.1) is 51.8 Å². The van der Waals surface area contributed by atoms with Crippen LogP contribution in [0.15, 0.2) is 54.1 Å². The van der Waals surface area contributed by atoms with Gasteiger partial charge in [0.05, 0.1) is 0 Å². The fourth-order valence-corrected chi connectivity index (χ4v) is 9.61. The van der Waals surface area contributed by atoms with Crippen LogP contribution in [0.3, 0.4) is 0 Å². The number of allylic oxidation sites excluding steroid dienone is 3. The molecular weight excluding hydrogens is 416 g/mol. The molecule has 0 aliphatic heterocycles. The van der Waals surface area contributed by atoms with E-state index in [2.05, 4.69) is 70.7 Å². The first-order valence-corrected chi connectivity index (χ1v) is 13.8. The predicted octanol–water partition coefficient (Wildman–Crippen LogP) is 6.83. The SMILES string of the molecule is C=C1C=C2[C@@]3(CC[C@@H](C[C@H](CO)Cc4ccccc4)C3)C[C@H](CCO)[C@H](C)[C@@]2(C)[C@H]2[C@@H]1C2(C)C. The molecule has 0 heterocycles. The average Bonchev–Trinajstić information content (AvgIpc) is 3.20. The van der Waals surface area contributed by atoms with Crippen molar-refractivity contribution in [2.24, 2.45) is 51.8 Å². The highest BCUT2D eigenvalue weighted by Crippen LogP contribution is 2.79. The minimum atomic E-state index is 0.211. The highest BCUT2D eigenvalue weighted by molar-refractivity contribution is 5.48. The van der Waals surface area contributed by atoms with Crippen LogP contribution in [0.5, 0.6) is 0 Å². The van der Waals surface area contributed by atoms with Crippen molar-refractivity contribution >= 4 is 0 Å². The van der Waals surface area contributed by atoms with Gasteiger partial charge in [-0.25, -0.2) is 0 Å². The molecule has 186 valence electrons. The number of hydrogen-bond donors (Lipinski definition) is 2. The first kappa shape index (κ1) is 24.3. The summed E-state index contributed by atoms with van der Waals surface area (Å²) in [6, 6.07) is 10.7. The van der Waals surface area contributed by atoms with Crippen LogP contribution < -0.4 is 0 Å². The number of fused-ring (bicyclic) bond motifs is 4. The molecule has 0 saturated heterocycles. The molecule has 0 bridgehead atoms. The van der Waals surface area contributed by atoms with Crippen LogP contribution in [-0.4, -0.2) is 23.4 Å². The van der Waals surface area contributed by atoms with Gasteiger partial charge in [-0.2, -0.15) is 0 Å². The lowest BCUT2D eigenvalue weighted by molar-refractivity contribution is 0.00909. The second kappa shape index (κ2) is 8.63. The molecule has 1 aromatic carbocycles. The topological polar surface area (TPSA) is 40.5 Å². The molecule has 34 heavy (non-hydrogen) atoms. The third-order valence-corrected chi connectivity index (χ3v) is 11.2. The molecule has 0 amide bonds. The van der Waals surface area contributed by atoms with E-state index in [0.717, 1.165) is 19.3 Å². The van der Waals surface area contributed by atoms with Crippen molar-refractivity contribution in [2.75, 3.05) is 13.2 Å². The fraction of sp³-hybridized carbons (Fsp3) is 0.688. The van der Waals surface area contributed by atoms with E-state index in [-0.39, 0.29) is 17.4 Å². The van der Waals surface area contributed by atoms with Gasteiger partial charge in [0.2, 0.25) is 0 Å². The van der Waals surface area contributed by atoms with Crippen LogP contribution in [-0.2, 0) is 6.42 Å². The number of aliphatic hydroxyl groups excluding tert-OH is 2. The zero-order chi connectivity index (χ0) is 24.3. The quantitative estimate of drug-likeness (QED) is 0.466. The molecule has 1 spiro atoms. The third kappa shape index (κ3) is 3.66. The number of aliphatic hydroxyl groups is 2. The number of benzene rings is 1. The van der Waals surface area contributed by atoms with Crippen molar-refractivity contribution in [3.8, 4) is 0 Å². The minimum Gasteiger partial charge on any atom is -0.396 e. The van der Waals surface area contributed by atoms with Crippen molar-refractivity contribution in [3.63, 3.8) is 0 Å². The summed E-state index contributed by atoms with van der Waals surface area (Å²) in [6.45, 7) is 15.1. The van der Waals surface area contributed by atoms with E-state index in [1.54, 1.807) is 5.57 Å². The summed E-state index contributed by atoms with van der Waals surface area (Å²) in [5, 5.41) is 20.2. The smallest absolute Gasteiger partial charge is 0.0462 e. The zero-order valence-electron chi connectivity index (χ0n) is 21.9. The van der Waals surface area contributed by atoms with Crippen LogP contribution >= 0.6 is 0 Å². The van der Waals surface area contributed by atoms with Crippen LogP contribution in [0.2, 0.25) is 0 Å². The van der Waals surface area contributed by atoms with E-state index >= 15 is 0 Å². The zero-order valence-corrected chi connectivity index (χ0v) is 21.9. The number of rotatable bonds is 7. The van der Waals surface area contributed by atoms with E-state index in [1.807, 2.05) is 0 Å². The summed E-state index contributed by atoms with van der Waals surface area (Å²) in [5.74, 6) is 3.51. The predicted molar refractivity (Wildman–Crippen MR) is 140 cm³/mol. The molecule has 4 aliphatic rings. The lowest BCUT2D eigenvalue weighted by atomic mass is 9.47. The van der Waals surface area contributed by atoms with E-state index in [1.165, 1.54) is 36.8 Å². The molecule has 0 aromatic heterocycles. The molecule has 2 nitrogen and oxygen atoms in total. The first-order valence-electron chi connectivity index (χ1n) is 13.8. The molecule has 2 N–H and O–H groups in total. The Hall–Kier alpha value is -1.38. The molecule has 4 aliphatic carbocycles. The molecular formula is C32H46O2. The summed E-state index contributed by atoms with van der Waals surface area (Å²) in [5.41, 5.74) is 5.22. The summed E-state index contributed by atoms with van der Waals surface area (Å²) < 4.78 is 0. The standard InChI is InChI=1S/C32H46O2/c1-21-15-27-31(5,29-28(21)30(29,3)4)22(2)26(12-14-33)19-32(27)13-11-24(18-32)17-25(20-34)16-23-9-7-6-8-10-23/h6-10,15,22,24-26,28-29,33-34H,1,11-14,16-20H2,2-5H3/t22-,24-,25+,26-,28+,29-,31+,32+/m0/s1. The van der Waals surface area contributed by atoms with E-state index < -0.39 is 0 Å². The van der Waals surface area contributed by atoms with Crippen LogP contribution in [0.25, 0.3) is 0 Å². The van der Waals surface area contributed by atoms with E-state index in [0.29, 0.717) is 47.5 Å². The highest BCUT2D eigenvalue weighted by atomic mass is 16.3. The highest BCUT2D eigenvalue weighted by Gasteiger charge is 2.72. The third-order valence-electron chi connectivity index (χ3n) is 11.2. The maximum Gasteiger partial charge on any atom is 0.0462 e. The Bertz CT molecular complexity index is 945. The van der Waals surface area contributed by atoms with Gasteiger partial charge in [-0.05, 0) is 102 Å². The Balaban J connectivity index is 1.41. The van der Waals surface area contributed by atoms with Gasteiger partial charge < -0.3 is 10.2 Å². The largest absolute Gasteiger partial charge is 0.396 e. The molecule has 1 aromatic rings. The van der Waals surface area contributed by atoms with E-state index in [9.17, 15) is 10.2 Å². The molecule has 0 radical (unpaired) electrons. The molecule has 8 atom stereocenters. The van der Waals surface area contributed by atoms with E-state index in [4.69, 9.17) is 0 Å². The fourth-order valence-electron chi connectivity index (χ4n) is 9.61. The lowest BCUT2D eigenvalue weighted by Crippen LogP contribution is -2.49. The van der Waals surface area contributed by atoms with Gasteiger partial charge in [0.25, 0.3) is 0 Å². The van der Waals surface area contributed by atoms with Crippen molar-refractivity contribution in [3.05, 3.63) is 59.7 Å². The van der Waals surface area contributed by atoms with Crippen molar-refractivity contribution in [1.82, 2.24) is 0 Å². The van der Waals surface area contributed by atoms with Gasteiger partial charge in [0.1, 0.15) is 0 Å². The number of hydrogen-bond acceptors (Lipinski definition) is 2. The van der Waals surface area contributed by atoms with Gasteiger partial charge in [-0.1, -0.05) is 81.8 Å². The molecule has 3 saturated carbocycles. The maximum atomic E-state index is 10.2. The summed E-state index contributed by atoms with van der Waals surface area (Å²) >= 11 is 0. The van der Waals surface area contributed by atoms with Gasteiger partial charge in [0, 0.05) is 13.2 Å². The summed E-state index contributed by atoms with van der Waals surface area (Å²) in [6.07, 6.45) is 10.6. The minimum absolute atomic E-state index is 0.211. The van der Waals surface area contributed by atoms with Crippen molar-refractivity contribution < 1.29 is 10.2 Å². The first-order chi connectivity index (χ1) is 16.2. The van der Waals surface area contributed by atoms with Crippen LogP contribution in [0.1, 0.15) is 71.8 Å². The molecule has 5 rings (SSSR count). The normalized spacial score (nSPS) is 41.1. The second-order valence-electron chi connectivity index (χ2n) is 13.3. The van der Waals surface area contributed by atoms with Gasteiger partial charge in [0.15, 0.2) is 0 Å². The van der Waals surface area contributed by atoms with Crippen molar-refractivity contribution in [2.45, 2.75) is 72.6 Å². The Labute approximate surface area is 207 Å². The molecule has 2 heteroatoms. The van der Waals surface area contributed by atoms with Crippen LogP contribution in [0.4, 0.5) is 0 Å². The second-order valence-corrected chi connectivity index (χ2v) is 13.3. The van der Waals surface area contributed by atoms with Gasteiger partial charge in [-0.3, -0.25) is 0 Å². The molecule has 3 fully saturated rings. The lowest BCUT2D eigenvalue weighted by Gasteiger charge is -2.57. The summed E-state index contributed by atoms with van der Waals surface area (Å²) in [4.78, 5) is 0. The Morgan fingerprint density at radius 1 is 1.09 bits per heavy atom. The summed E-state index contributed by atoms with van der Waals surface area (Å²) in [7, 11) is 0.